The van der Waals surface area contributed by atoms with Crippen molar-refractivity contribution in [1.82, 2.24) is 20.3 Å². The summed E-state index contributed by atoms with van der Waals surface area (Å²) in [5.41, 5.74) is 7.02. The fourth-order valence-corrected chi connectivity index (χ4v) is 1.97. The van der Waals surface area contributed by atoms with Gasteiger partial charge in [-0.05, 0) is 11.6 Å². The predicted molar refractivity (Wildman–Crippen MR) is 74.2 cm³/mol. The molecule has 0 bridgehead atoms. The summed E-state index contributed by atoms with van der Waals surface area (Å²) in [5.74, 6) is -0.208. The number of carbonyl (C=O) groups is 1. The van der Waals surface area contributed by atoms with E-state index in [0.29, 0.717) is 18.8 Å². The molecule has 0 spiro atoms. The van der Waals surface area contributed by atoms with E-state index in [1.807, 2.05) is 24.3 Å². The van der Waals surface area contributed by atoms with Crippen molar-refractivity contribution in [3.63, 3.8) is 0 Å². The molecule has 3 N–H and O–H groups in total. The molecule has 0 aliphatic rings. The number of halogens is 1. The van der Waals surface area contributed by atoms with Gasteiger partial charge >= 0.3 is 0 Å². The van der Waals surface area contributed by atoms with Crippen LogP contribution in [0.2, 0.25) is 0 Å². The lowest BCUT2D eigenvalue weighted by molar-refractivity contribution is -0.119. The number of carbonyl (C=O) groups excluding carboxylic acids is 1. The molecule has 0 radical (unpaired) electrons. The predicted octanol–water partition coefficient (Wildman–Crippen LogP) is 0.664. The third-order valence-electron chi connectivity index (χ3n) is 2.53. The quantitative estimate of drug-likeness (QED) is 0.846. The van der Waals surface area contributed by atoms with E-state index in [2.05, 4.69) is 31.6 Å². The Bertz CT molecular complexity index is 569. The van der Waals surface area contributed by atoms with E-state index in [-0.39, 0.29) is 12.5 Å². The third kappa shape index (κ3) is 3.87. The number of benzene rings is 1. The van der Waals surface area contributed by atoms with Crippen LogP contribution in [0, 0.1) is 0 Å². The monoisotopic (exact) mass is 323 g/mol. The molecule has 1 heterocycles. The topological polar surface area (TPSA) is 85.8 Å². The number of rotatable bonds is 5. The molecule has 0 fully saturated rings. The SMILES string of the molecule is NCC(=O)NCc1cn(Cc2ccccc2Br)nn1. The Balaban J connectivity index is 1.98. The van der Waals surface area contributed by atoms with Crippen molar-refractivity contribution in [2.75, 3.05) is 6.54 Å². The average molecular weight is 324 g/mol. The highest BCUT2D eigenvalue weighted by Gasteiger charge is 2.05. The van der Waals surface area contributed by atoms with Gasteiger partial charge in [-0.1, -0.05) is 39.3 Å². The van der Waals surface area contributed by atoms with Crippen LogP contribution in [0.1, 0.15) is 11.3 Å². The lowest BCUT2D eigenvalue weighted by Crippen LogP contribution is -2.29. The highest BCUT2D eigenvalue weighted by Crippen LogP contribution is 2.16. The molecule has 0 aliphatic carbocycles. The molecule has 1 amide bonds. The Labute approximate surface area is 119 Å². The van der Waals surface area contributed by atoms with Gasteiger partial charge < -0.3 is 11.1 Å². The number of amides is 1. The molecule has 2 aromatic rings. The first-order valence-corrected chi connectivity index (χ1v) is 6.57. The van der Waals surface area contributed by atoms with Gasteiger partial charge in [0.25, 0.3) is 0 Å². The molecule has 0 atom stereocenters. The zero-order valence-electron chi connectivity index (χ0n) is 10.2. The van der Waals surface area contributed by atoms with Gasteiger partial charge in [-0.25, -0.2) is 4.68 Å². The van der Waals surface area contributed by atoms with Crippen molar-refractivity contribution in [2.45, 2.75) is 13.1 Å². The molecule has 1 aromatic heterocycles. The van der Waals surface area contributed by atoms with Gasteiger partial charge in [0.15, 0.2) is 0 Å². The lowest BCUT2D eigenvalue weighted by Gasteiger charge is -2.03. The smallest absolute Gasteiger partial charge is 0.234 e. The molecule has 19 heavy (non-hydrogen) atoms. The molecule has 0 aliphatic heterocycles. The van der Waals surface area contributed by atoms with E-state index >= 15 is 0 Å². The van der Waals surface area contributed by atoms with Gasteiger partial charge in [-0.3, -0.25) is 4.79 Å². The lowest BCUT2D eigenvalue weighted by atomic mass is 10.2. The summed E-state index contributed by atoms with van der Waals surface area (Å²) in [6, 6.07) is 7.93. The molecule has 100 valence electrons. The normalized spacial score (nSPS) is 10.4. The van der Waals surface area contributed by atoms with Crippen LogP contribution in [0.5, 0.6) is 0 Å². The summed E-state index contributed by atoms with van der Waals surface area (Å²) in [6.07, 6.45) is 1.80. The summed E-state index contributed by atoms with van der Waals surface area (Å²) in [7, 11) is 0. The van der Waals surface area contributed by atoms with Gasteiger partial charge in [0.05, 0.1) is 25.8 Å². The minimum absolute atomic E-state index is 0.0227. The molecule has 0 unspecified atom stereocenters. The van der Waals surface area contributed by atoms with Crippen LogP contribution in [0.4, 0.5) is 0 Å². The maximum absolute atomic E-state index is 11.0. The Kier molecular flexibility index (Phi) is 4.64. The van der Waals surface area contributed by atoms with Crippen LogP contribution in [0.3, 0.4) is 0 Å². The van der Waals surface area contributed by atoms with Crippen LogP contribution in [-0.2, 0) is 17.9 Å². The Morgan fingerprint density at radius 3 is 2.95 bits per heavy atom. The first-order chi connectivity index (χ1) is 9.19. The number of hydrogen-bond donors (Lipinski definition) is 2. The van der Waals surface area contributed by atoms with Crippen molar-refractivity contribution in [2.24, 2.45) is 5.73 Å². The van der Waals surface area contributed by atoms with E-state index in [9.17, 15) is 4.79 Å². The fraction of sp³-hybridized carbons (Fsp3) is 0.250. The number of aromatic nitrogens is 3. The molecule has 0 saturated carbocycles. The summed E-state index contributed by atoms with van der Waals surface area (Å²) < 4.78 is 2.76. The molecular weight excluding hydrogens is 310 g/mol. The van der Waals surface area contributed by atoms with Crippen LogP contribution in [-0.4, -0.2) is 27.4 Å². The van der Waals surface area contributed by atoms with E-state index in [0.717, 1.165) is 10.0 Å². The number of hydrogen-bond acceptors (Lipinski definition) is 4. The van der Waals surface area contributed by atoms with Gasteiger partial charge in [-0.2, -0.15) is 0 Å². The standard InChI is InChI=1S/C12H14BrN5O/c13-11-4-2-1-3-9(11)7-18-8-10(16-17-18)6-15-12(19)5-14/h1-4,8H,5-7,14H2,(H,15,19). The third-order valence-corrected chi connectivity index (χ3v) is 3.30. The maximum atomic E-state index is 11.0. The van der Waals surface area contributed by atoms with Crippen LogP contribution < -0.4 is 11.1 Å². The van der Waals surface area contributed by atoms with E-state index < -0.39 is 0 Å². The Hall–Kier alpha value is -1.73. The fourth-order valence-electron chi connectivity index (χ4n) is 1.56. The average Bonchev–Trinajstić information content (AvgIpc) is 2.86. The zero-order valence-corrected chi connectivity index (χ0v) is 11.8. The molecule has 0 saturated heterocycles. The van der Waals surface area contributed by atoms with Gasteiger partial charge in [0.1, 0.15) is 5.69 Å². The minimum atomic E-state index is -0.208. The molecule has 6 nitrogen and oxygen atoms in total. The van der Waals surface area contributed by atoms with Crippen LogP contribution >= 0.6 is 15.9 Å². The van der Waals surface area contributed by atoms with Crippen LogP contribution in [0.25, 0.3) is 0 Å². The number of nitrogens with one attached hydrogen (secondary N) is 1. The second kappa shape index (κ2) is 6.44. The summed E-state index contributed by atoms with van der Waals surface area (Å²) in [6.45, 7) is 0.941. The number of nitrogens with zero attached hydrogens (tertiary/aromatic N) is 3. The van der Waals surface area contributed by atoms with Gasteiger partial charge in [0, 0.05) is 4.47 Å². The minimum Gasteiger partial charge on any atom is -0.349 e. The van der Waals surface area contributed by atoms with Gasteiger partial charge in [-0.15, -0.1) is 5.10 Å². The highest BCUT2D eigenvalue weighted by molar-refractivity contribution is 9.10. The molecule has 2 rings (SSSR count). The summed E-state index contributed by atoms with van der Waals surface area (Å²) in [4.78, 5) is 11.0. The first kappa shape index (κ1) is 13.7. The van der Waals surface area contributed by atoms with E-state index in [4.69, 9.17) is 5.73 Å². The van der Waals surface area contributed by atoms with Crippen molar-refractivity contribution < 1.29 is 4.79 Å². The van der Waals surface area contributed by atoms with Crippen LogP contribution in [0.15, 0.2) is 34.9 Å². The zero-order chi connectivity index (χ0) is 13.7. The number of nitrogens with two attached hydrogens (primary N) is 1. The van der Waals surface area contributed by atoms with Crippen molar-refractivity contribution in [3.05, 3.63) is 46.2 Å². The maximum Gasteiger partial charge on any atom is 0.234 e. The van der Waals surface area contributed by atoms with E-state index in [1.165, 1.54) is 0 Å². The van der Waals surface area contributed by atoms with Crippen molar-refractivity contribution >= 4 is 21.8 Å². The largest absolute Gasteiger partial charge is 0.349 e. The molecule has 7 heteroatoms. The van der Waals surface area contributed by atoms with E-state index in [1.54, 1.807) is 10.9 Å². The first-order valence-electron chi connectivity index (χ1n) is 5.78. The highest BCUT2D eigenvalue weighted by atomic mass is 79.9. The Morgan fingerprint density at radius 2 is 2.21 bits per heavy atom. The summed E-state index contributed by atoms with van der Waals surface area (Å²) in [5, 5.41) is 10.7. The molecular formula is C12H14BrN5O. The van der Waals surface area contributed by atoms with Gasteiger partial charge in [0.2, 0.25) is 5.91 Å². The van der Waals surface area contributed by atoms with Crippen molar-refractivity contribution in [1.29, 1.82) is 0 Å². The molecule has 1 aromatic carbocycles. The Morgan fingerprint density at radius 1 is 1.42 bits per heavy atom. The second-order valence-corrected chi connectivity index (χ2v) is 4.83. The second-order valence-electron chi connectivity index (χ2n) is 3.98. The summed E-state index contributed by atoms with van der Waals surface area (Å²) >= 11 is 3.49. The van der Waals surface area contributed by atoms with Crippen molar-refractivity contribution in [3.8, 4) is 0 Å².